The second kappa shape index (κ2) is 7.78. The molecule has 0 bridgehead atoms. The molecule has 1 aromatic carbocycles. The number of halogens is 5. The van der Waals surface area contributed by atoms with Gasteiger partial charge in [-0.05, 0) is 31.0 Å². The Morgan fingerprint density at radius 2 is 1.77 bits per heavy atom. The summed E-state index contributed by atoms with van der Waals surface area (Å²) in [5.41, 5.74) is 3.16. The Kier molecular flexibility index (Phi) is 7.31. The maximum atomic E-state index is 13.6. The van der Waals surface area contributed by atoms with E-state index in [0.29, 0.717) is 31.0 Å². The van der Waals surface area contributed by atoms with Crippen LogP contribution in [0.2, 0.25) is 0 Å². The number of hydrogen-bond donors (Lipinski definition) is 2. The highest BCUT2D eigenvalue weighted by Gasteiger charge is 2.35. The number of carbonyl (C=O) groups is 1. The number of carbonyl (C=O) groups excluding carboxylic acids is 1. The van der Waals surface area contributed by atoms with Gasteiger partial charge in [0.15, 0.2) is 0 Å². The number of anilines is 1. The van der Waals surface area contributed by atoms with Crippen molar-refractivity contribution in [2.24, 2.45) is 11.1 Å². The van der Waals surface area contributed by atoms with E-state index >= 15 is 0 Å². The summed E-state index contributed by atoms with van der Waals surface area (Å²) in [6, 6.07) is 1.89. The normalized spacial score (nSPS) is 11.8. The van der Waals surface area contributed by atoms with Crippen LogP contribution in [-0.4, -0.2) is 12.5 Å². The van der Waals surface area contributed by atoms with E-state index in [1.807, 2.05) is 0 Å². The molecule has 1 rings (SSSR count). The fourth-order valence-corrected chi connectivity index (χ4v) is 2.00. The second-order valence-electron chi connectivity index (χ2n) is 4.84. The van der Waals surface area contributed by atoms with E-state index in [2.05, 4.69) is 5.32 Å². The quantitative estimate of drug-likeness (QED) is 0.795. The SMILES string of the molecule is CCC(CC)(CN)C(=O)Nc1cc(C(F)(F)F)ccc1F.Cl. The lowest BCUT2D eigenvalue weighted by Crippen LogP contribution is -2.41. The summed E-state index contributed by atoms with van der Waals surface area (Å²) in [5, 5.41) is 2.22. The Labute approximate surface area is 132 Å². The summed E-state index contributed by atoms with van der Waals surface area (Å²) in [4.78, 5) is 12.2. The van der Waals surface area contributed by atoms with Crippen LogP contribution in [0, 0.1) is 11.2 Å². The highest BCUT2D eigenvalue weighted by molar-refractivity contribution is 5.95. The minimum Gasteiger partial charge on any atom is -0.329 e. The Hall–Kier alpha value is -1.34. The zero-order valence-corrected chi connectivity index (χ0v) is 13.1. The minimum absolute atomic E-state index is 0. The van der Waals surface area contributed by atoms with Gasteiger partial charge in [0, 0.05) is 6.54 Å². The van der Waals surface area contributed by atoms with Crippen LogP contribution in [-0.2, 0) is 11.0 Å². The van der Waals surface area contributed by atoms with Crippen molar-refractivity contribution >= 4 is 24.0 Å². The van der Waals surface area contributed by atoms with Crippen molar-refractivity contribution in [3.05, 3.63) is 29.6 Å². The van der Waals surface area contributed by atoms with Gasteiger partial charge in [-0.1, -0.05) is 13.8 Å². The van der Waals surface area contributed by atoms with E-state index < -0.39 is 34.6 Å². The van der Waals surface area contributed by atoms with Crippen molar-refractivity contribution in [1.29, 1.82) is 0 Å². The summed E-state index contributed by atoms with van der Waals surface area (Å²) in [7, 11) is 0. The molecule has 0 radical (unpaired) electrons. The van der Waals surface area contributed by atoms with Gasteiger partial charge in [0.2, 0.25) is 5.91 Å². The van der Waals surface area contributed by atoms with Crippen LogP contribution in [0.15, 0.2) is 18.2 Å². The lowest BCUT2D eigenvalue weighted by Gasteiger charge is -2.28. The number of rotatable bonds is 5. The van der Waals surface area contributed by atoms with E-state index in [4.69, 9.17) is 5.73 Å². The summed E-state index contributed by atoms with van der Waals surface area (Å²) in [5.74, 6) is -1.50. The molecule has 0 spiro atoms. The van der Waals surface area contributed by atoms with Crippen molar-refractivity contribution in [2.75, 3.05) is 11.9 Å². The molecule has 0 heterocycles. The Bertz CT molecular complexity index is 508. The third-order valence-corrected chi connectivity index (χ3v) is 3.77. The van der Waals surface area contributed by atoms with E-state index in [1.165, 1.54) is 0 Å². The first-order valence-electron chi connectivity index (χ1n) is 6.58. The predicted octanol–water partition coefficient (Wildman–Crippen LogP) is 3.97. The van der Waals surface area contributed by atoms with Crippen LogP contribution in [0.1, 0.15) is 32.3 Å². The smallest absolute Gasteiger partial charge is 0.329 e. The van der Waals surface area contributed by atoms with Crippen LogP contribution in [0.4, 0.5) is 23.2 Å². The first-order chi connectivity index (χ1) is 9.70. The summed E-state index contributed by atoms with van der Waals surface area (Å²) >= 11 is 0. The van der Waals surface area contributed by atoms with E-state index in [0.717, 1.165) is 0 Å². The molecule has 0 aliphatic rings. The summed E-state index contributed by atoms with van der Waals surface area (Å²) < 4.78 is 51.4. The Balaban J connectivity index is 0.00000441. The highest BCUT2D eigenvalue weighted by atomic mass is 35.5. The molecule has 0 atom stereocenters. The fourth-order valence-electron chi connectivity index (χ4n) is 2.00. The third-order valence-electron chi connectivity index (χ3n) is 3.77. The highest BCUT2D eigenvalue weighted by Crippen LogP contribution is 2.33. The van der Waals surface area contributed by atoms with Crippen LogP contribution >= 0.6 is 12.4 Å². The molecule has 126 valence electrons. The molecule has 0 aliphatic carbocycles. The molecule has 0 saturated carbocycles. The molecule has 3 N–H and O–H groups in total. The zero-order valence-electron chi connectivity index (χ0n) is 12.3. The molecule has 0 fully saturated rings. The fraction of sp³-hybridized carbons (Fsp3) is 0.500. The van der Waals surface area contributed by atoms with Gasteiger partial charge in [-0.2, -0.15) is 13.2 Å². The van der Waals surface area contributed by atoms with Gasteiger partial charge in [0.1, 0.15) is 5.82 Å². The Morgan fingerprint density at radius 1 is 1.23 bits per heavy atom. The first-order valence-corrected chi connectivity index (χ1v) is 6.58. The zero-order chi connectivity index (χ0) is 16.3. The van der Waals surface area contributed by atoms with E-state index in [9.17, 15) is 22.4 Å². The van der Waals surface area contributed by atoms with Gasteiger partial charge in [0.25, 0.3) is 0 Å². The average Bonchev–Trinajstić information content (AvgIpc) is 2.42. The van der Waals surface area contributed by atoms with Crippen LogP contribution in [0.5, 0.6) is 0 Å². The van der Waals surface area contributed by atoms with Gasteiger partial charge >= 0.3 is 6.18 Å². The molecule has 22 heavy (non-hydrogen) atoms. The Morgan fingerprint density at radius 3 is 2.18 bits per heavy atom. The van der Waals surface area contributed by atoms with Gasteiger partial charge in [-0.3, -0.25) is 4.79 Å². The molecule has 3 nitrogen and oxygen atoms in total. The lowest BCUT2D eigenvalue weighted by atomic mass is 9.81. The van der Waals surface area contributed by atoms with Crippen molar-refractivity contribution in [1.82, 2.24) is 0 Å². The summed E-state index contributed by atoms with van der Waals surface area (Å²) in [6.45, 7) is 3.53. The summed E-state index contributed by atoms with van der Waals surface area (Å²) in [6.07, 6.45) is -3.79. The third kappa shape index (κ3) is 4.33. The van der Waals surface area contributed by atoms with E-state index in [1.54, 1.807) is 13.8 Å². The molecule has 0 aromatic heterocycles. The molecule has 0 aliphatic heterocycles. The number of alkyl halides is 3. The van der Waals surface area contributed by atoms with Gasteiger partial charge in [0.05, 0.1) is 16.7 Å². The maximum Gasteiger partial charge on any atom is 0.416 e. The van der Waals surface area contributed by atoms with Crippen LogP contribution in [0.25, 0.3) is 0 Å². The van der Waals surface area contributed by atoms with Gasteiger partial charge < -0.3 is 11.1 Å². The minimum atomic E-state index is -4.60. The molecule has 1 amide bonds. The number of amides is 1. The molecule has 1 aromatic rings. The van der Waals surface area contributed by atoms with Crippen LogP contribution < -0.4 is 11.1 Å². The number of benzene rings is 1. The molecule has 0 unspecified atom stereocenters. The van der Waals surface area contributed by atoms with Crippen molar-refractivity contribution in [3.8, 4) is 0 Å². The van der Waals surface area contributed by atoms with Gasteiger partial charge in [-0.15, -0.1) is 12.4 Å². The number of nitrogens with two attached hydrogens (primary N) is 1. The van der Waals surface area contributed by atoms with Crippen molar-refractivity contribution in [2.45, 2.75) is 32.9 Å². The lowest BCUT2D eigenvalue weighted by molar-refractivity contribution is -0.137. The molecular weight excluding hydrogens is 324 g/mol. The second-order valence-corrected chi connectivity index (χ2v) is 4.84. The van der Waals surface area contributed by atoms with E-state index in [-0.39, 0.29) is 19.0 Å². The van der Waals surface area contributed by atoms with Crippen molar-refractivity contribution < 1.29 is 22.4 Å². The monoisotopic (exact) mass is 342 g/mol. The number of nitrogens with one attached hydrogen (secondary N) is 1. The van der Waals surface area contributed by atoms with Crippen molar-refractivity contribution in [3.63, 3.8) is 0 Å². The topological polar surface area (TPSA) is 55.1 Å². The average molecular weight is 343 g/mol. The standard InChI is InChI=1S/C14H18F4N2O.ClH/c1-3-13(4-2,8-19)12(21)20-11-7-9(14(16,17)18)5-6-10(11)15;/h5-7H,3-4,8,19H2,1-2H3,(H,20,21);1H. The largest absolute Gasteiger partial charge is 0.416 e. The molecular formula is C14H19ClF4N2O. The maximum absolute atomic E-state index is 13.6. The first kappa shape index (κ1) is 20.7. The molecule has 8 heteroatoms. The number of hydrogen-bond acceptors (Lipinski definition) is 2. The predicted molar refractivity (Wildman–Crippen MR) is 79.3 cm³/mol. The molecule has 0 saturated heterocycles. The van der Waals surface area contributed by atoms with Crippen LogP contribution in [0.3, 0.4) is 0 Å². The van der Waals surface area contributed by atoms with Gasteiger partial charge in [-0.25, -0.2) is 4.39 Å².